The van der Waals surface area contributed by atoms with Crippen LogP contribution in [0.3, 0.4) is 0 Å². The van der Waals surface area contributed by atoms with Crippen LogP contribution in [0.5, 0.6) is 0 Å². The second-order valence-corrected chi connectivity index (χ2v) is 7.92. The molecule has 152 valence electrons. The van der Waals surface area contributed by atoms with Gasteiger partial charge < -0.3 is 0 Å². The molecule has 2 aromatic carbocycles. The maximum Gasteiger partial charge on any atom is 0.260 e. The Labute approximate surface area is 184 Å². The third-order valence-corrected chi connectivity index (χ3v) is 5.71. The van der Waals surface area contributed by atoms with Gasteiger partial charge in [0.15, 0.2) is 5.65 Å². The first-order valence-electron chi connectivity index (χ1n) is 10.0. The Morgan fingerprint density at radius 1 is 0.903 bits per heavy atom. The number of rotatable bonds is 5. The molecule has 1 amide bonds. The molecule has 1 aliphatic heterocycles. The summed E-state index contributed by atoms with van der Waals surface area (Å²) in [6.45, 7) is 0. The van der Waals surface area contributed by atoms with Crippen molar-refractivity contribution >= 4 is 40.1 Å². The maximum absolute atomic E-state index is 13.3. The quantitative estimate of drug-likeness (QED) is 0.411. The molecular weight excluding hydrogens is 410 g/mol. The van der Waals surface area contributed by atoms with Crippen LogP contribution in [0.1, 0.15) is 33.9 Å². The molecule has 31 heavy (non-hydrogen) atoms. The largest absolute Gasteiger partial charge is 0.299 e. The maximum atomic E-state index is 13.3. The van der Waals surface area contributed by atoms with Crippen LogP contribution in [0.2, 0.25) is 5.15 Å². The summed E-state index contributed by atoms with van der Waals surface area (Å²) in [5.41, 5.74) is 2.86. The van der Waals surface area contributed by atoms with Gasteiger partial charge in [-0.05, 0) is 41.5 Å². The van der Waals surface area contributed by atoms with Gasteiger partial charge in [-0.25, -0.2) is 9.97 Å². The Morgan fingerprint density at radius 3 is 2.48 bits per heavy atom. The summed E-state index contributed by atoms with van der Waals surface area (Å²) in [5.74, 6) is 0.357. The van der Waals surface area contributed by atoms with Gasteiger partial charge >= 0.3 is 0 Å². The number of pyridine rings is 2. The minimum atomic E-state index is -0.413. The number of ketones is 1. The molecule has 4 aromatic rings. The van der Waals surface area contributed by atoms with Gasteiger partial charge in [0, 0.05) is 23.8 Å². The van der Waals surface area contributed by atoms with E-state index in [1.807, 2.05) is 60.7 Å². The van der Waals surface area contributed by atoms with Crippen LogP contribution in [0.15, 0.2) is 78.9 Å². The number of Topliss-reactive ketones (excluding diaryl/α,β-unsaturated/α-hetero) is 1. The summed E-state index contributed by atoms with van der Waals surface area (Å²) in [7, 11) is 0. The third-order valence-electron chi connectivity index (χ3n) is 5.50. The molecule has 0 fully saturated rings. The van der Waals surface area contributed by atoms with E-state index in [1.165, 1.54) is 0 Å². The molecule has 6 heteroatoms. The number of hydrogen-bond acceptors (Lipinski definition) is 4. The van der Waals surface area contributed by atoms with Crippen molar-refractivity contribution in [3.63, 3.8) is 0 Å². The van der Waals surface area contributed by atoms with E-state index in [2.05, 4.69) is 9.97 Å². The minimum absolute atomic E-state index is 0.0626. The van der Waals surface area contributed by atoms with Crippen LogP contribution in [-0.2, 0) is 11.2 Å². The molecule has 5 nitrogen and oxygen atoms in total. The van der Waals surface area contributed by atoms with E-state index >= 15 is 0 Å². The molecule has 1 unspecified atom stereocenters. The van der Waals surface area contributed by atoms with Crippen LogP contribution >= 0.6 is 11.6 Å². The fourth-order valence-corrected chi connectivity index (χ4v) is 4.21. The van der Waals surface area contributed by atoms with Crippen LogP contribution in [-0.4, -0.2) is 21.7 Å². The smallest absolute Gasteiger partial charge is 0.260 e. The first-order chi connectivity index (χ1) is 15.1. The zero-order valence-corrected chi connectivity index (χ0v) is 17.3. The highest BCUT2D eigenvalue weighted by Crippen LogP contribution is 2.39. The van der Waals surface area contributed by atoms with Crippen molar-refractivity contribution in [2.24, 2.45) is 0 Å². The fourth-order valence-electron chi connectivity index (χ4n) is 4.07. The molecule has 0 saturated carbocycles. The van der Waals surface area contributed by atoms with Crippen LogP contribution in [0.25, 0.3) is 11.0 Å². The molecule has 1 aliphatic rings. The monoisotopic (exact) mass is 427 g/mol. The summed E-state index contributed by atoms with van der Waals surface area (Å²) in [6, 6.07) is 23.8. The number of amides is 1. The second-order valence-electron chi connectivity index (χ2n) is 7.53. The van der Waals surface area contributed by atoms with E-state index in [4.69, 9.17) is 11.6 Å². The summed E-state index contributed by atoms with van der Waals surface area (Å²) >= 11 is 6.03. The number of halogens is 1. The number of fused-ring (bicyclic) bond motifs is 2. The van der Waals surface area contributed by atoms with E-state index in [1.54, 1.807) is 23.1 Å². The summed E-state index contributed by atoms with van der Waals surface area (Å²) < 4.78 is 0. The second kappa shape index (κ2) is 7.93. The fraction of sp³-hybridized carbons (Fsp3) is 0.120. The lowest BCUT2D eigenvalue weighted by Crippen LogP contribution is -2.30. The Bertz CT molecular complexity index is 1310. The third kappa shape index (κ3) is 3.68. The number of anilines is 1. The Hall–Kier alpha value is -3.57. The summed E-state index contributed by atoms with van der Waals surface area (Å²) in [5, 5.41) is 1.16. The Morgan fingerprint density at radius 2 is 1.65 bits per heavy atom. The zero-order chi connectivity index (χ0) is 21.4. The molecule has 0 bridgehead atoms. The van der Waals surface area contributed by atoms with Crippen molar-refractivity contribution in [1.29, 1.82) is 0 Å². The Kier molecular flexibility index (Phi) is 4.96. The van der Waals surface area contributed by atoms with Crippen molar-refractivity contribution in [2.45, 2.75) is 18.9 Å². The lowest BCUT2D eigenvalue weighted by molar-refractivity contribution is -0.118. The SMILES string of the molecule is O=C(Cc1ccccc1)CC1c2ccccc2C(=O)N1c1ccc2ccc(Cl)nc2n1. The average Bonchev–Trinajstić information content (AvgIpc) is 3.05. The predicted octanol–water partition coefficient (Wildman–Crippen LogP) is 5.19. The molecule has 0 aliphatic carbocycles. The van der Waals surface area contributed by atoms with E-state index in [0.29, 0.717) is 28.6 Å². The molecule has 3 heterocycles. The van der Waals surface area contributed by atoms with Crippen molar-refractivity contribution < 1.29 is 9.59 Å². The number of carbonyl (C=O) groups excluding carboxylic acids is 2. The van der Waals surface area contributed by atoms with Gasteiger partial charge in [-0.3, -0.25) is 14.5 Å². The molecule has 0 radical (unpaired) electrons. The van der Waals surface area contributed by atoms with E-state index in [9.17, 15) is 9.59 Å². The highest BCUT2D eigenvalue weighted by atomic mass is 35.5. The van der Waals surface area contributed by atoms with E-state index in [-0.39, 0.29) is 18.1 Å². The number of benzene rings is 2. The number of aromatic nitrogens is 2. The minimum Gasteiger partial charge on any atom is -0.299 e. The topological polar surface area (TPSA) is 63.2 Å². The van der Waals surface area contributed by atoms with Crippen LogP contribution in [0.4, 0.5) is 5.82 Å². The van der Waals surface area contributed by atoms with Crippen LogP contribution in [0, 0.1) is 0 Å². The molecule has 0 saturated heterocycles. The molecule has 1 atom stereocenters. The van der Waals surface area contributed by atoms with E-state index < -0.39 is 6.04 Å². The van der Waals surface area contributed by atoms with Crippen molar-refractivity contribution in [2.75, 3.05) is 4.90 Å². The predicted molar refractivity (Wildman–Crippen MR) is 120 cm³/mol. The summed E-state index contributed by atoms with van der Waals surface area (Å²) in [6.07, 6.45) is 0.532. The number of carbonyl (C=O) groups is 2. The van der Waals surface area contributed by atoms with Gasteiger partial charge in [-0.15, -0.1) is 0 Å². The van der Waals surface area contributed by atoms with E-state index in [0.717, 1.165) is 16.5 Å². The lowest BCUT2D eigenvalue weighted by atomic mass is 9.97. The van der Waals surface area contributed by atoms with Gasteiger partial charge in [0.2, 0.25) is 0 Å². The van der Waals surface area contributed by atoms with Gasteiger partial charge in [0.05, 0.1) is 6.04 Å². The molecular formula is C25H18ClN3O2. The molecule has 2 aromatic heterocycles. The normalized spacial score (nSPS) is 15.3. The van der Waals surface area contributed by atoms with Gasteiger partial charge in [-0.1, -0.05) is 60.1 Å². The van der Waals surface area contributed by atoms with Crippen molar-refractivity contribution in [3.8, 4) is 0 Å². The lowest BCUT2D eigenvalue weighted by Gasteiger charge is -2.24. The van der Waals surface area contributed by atoms with Crippen LogP contribution < -0.4 is 4.90 Å². The van der Waals surface area contributed by atoms with Gasteiger partial charge in [-0.2, -0.15) is 0 Å². The van der Waals surface area contributed by atoms with Crippen molar-refractivity contribution in [3.05, 3.63) is 101 Å². The Balaban J connectivity index is 1.52. The molecule has 0 N–H and O–H groups in total. The standard InChI is InChI=1S/C25H18ClN3O2/c26-22-12-10-17-11-13-23(28-24(17)27-22)29-21(19-8-4-5-9-20(19)25(29)31)15-18(30)14-16-6-2-1-3-7-16/h1-13,21H,14-15H2. The number of nitrogens with zero attached hydrogens (tertiary/aromatic N) is 3. The van der Waals surface area contributed by atoms with Gasteiger partial charge in [0.25, 0.3) is 5.91 Å². The average molecular weight is 428 g/mol. The first kappa shape index (κ1) is 19.4. The van der Waals surface area contributed by atoms with Gasteiger partial charge in [0.1, 0.15) is 16.8 Å². The highest BCUT2D eigenvalue weighted by molar-refractivity contribution is 6.29. The first-order valence-corrected chi connectivity index (χ1v) is 10.4. The van der Waals surface area contributed by atoms with Crippen molar-refractivity contribution in [1.82, 2.24) is 9.97 Å². The molecule has 0 spiro atoms. The zero-order valence-electron chi connectivity index (χ0n) is 16.5. The summed E-state index contributed by atoms with van der Waals surface area (Å²) in [4.78, 5) is 36.7. The number of hydrogen-bond donors (Lipinski definition) is 0. The highest BCUT2D eigenvalue weighted by Gasteiger charge is 2.39. The molecule has 5 rings (SSSR count).